The number of aryl methyl sites for hydroxylation is 1. The lowest BCUT2D eigenvalue weighted by atomic mass is 10.0. The molecule has 3 aromatic rings. The Labute approximate surface area is 145 Å². The van der Waals surface area contributed by atoms with Gasteiger partial charge in [-0.05, 0) is 24.6 Å². The first-order valence-electron chi connectivity index (χ1n) is 6.88. The van der Waals surface area contributed by atoms with E-state index in [2.05, 4.69) is 10.1 Å². The summed E-state index contributed by atoms with van der Waals surface area (Å²) in [6.45, 7) is 1.73. The molecule has 0 aliphatic carbocycles. The van der Waals surface area contributed by atoms with Crippen LogP contribution < -0.4 is 0 Å². The summed E-state index contributed by atoms with van der Waals surface area (Å²) in [4.78, 5) is 3.66. The smallest absolute Gasteiger partial charge is 0.298 e. The third-order valence-corrected chi connectivity index (χ3v) is 5.46. The van der Waals surface area contributed by atoms with Gasteiger partial charge in [0.05, 0.1) is 5.56 Å². The summed E-state index contributed by atoms with van der Waals surface area (Å²) in [5.41, 5.74) is 0.652. The molecule has 0 N–H and O–H groups in total. The average molecular weight is 388 g/mol. The topological polar surface area (TPSA) is 73.1 Å². The highest BCUT2D eigenvalue weighted by molar-refractivity contribution is 7.90. The van der Waals surface area contributed by atoms with Gasteiger partial charge in [0, 0.05) is 17.3 Å². The Hall–Kier alpha value is -2.20. The summed E-state index contributed by atoms with van der Waals surface area (Å²) >= 11 is 1.18. The van der Waals surface area contributed by atoms with Gasteiger partial charge in [-0.25, -0.2) is 26.6 Å². The van der Waals surface area contributed by atoms with Gasteiger partial charge in [-0.2, -0.15) is 0 Å². The summed E-state index contributed by atoms with van der Waals surface area (Å²) < 4.78 is 68.5. The lowest BCUT2D eigenvalue weighted by molar-refractivity contribution is 0.113. The quantitative estimate of drug-likeness (QED) is 0.668. The summed E-state index contributed by atoms with van der Waals surface area (Å²) in [5, 5.41) is 5.71. The second-order valence-electron chi connectivity index (χ2n) is 5.28. The Morgan fingerprint density at radius 1 is 1.28 bits per heavy atom. The molecule has 0 fully saturated rings. The molecule has 0 bridgehead atoms. The van der Waals surface area contributed by atoms with E-state index in [0.717, 1.165) is 18.4 Å². The lowest BCUT2D eigenvalue weighted by Gasteiger charge is -2.06. The van der Waals surface area contributed by atoms with Gasteiger partial charge in [-0.1, -0.05) is 11.2 Å². The molecular formula is C15H11F3N2O3S2. The van der Waals surface area contributed by atoms with Gasteiger partial charge in [0.25, 0.3) is 6.43 Å². The molecule has 1 aromatic carbocycles. The van der Waals surface area contributed by atoms with Crippen molar-refractivity contribution in [1.29, 1.82) is 0 Å². The molecule has 0 unspecified atom stereocenters. The third kappa shape index (κ3) is 3.31. The molecular weight excluding hydrogens is 377 g/mol. The fraction of sp³-hybridized carbons (Fsp3) is 0.200. The molecule has 5 nitrogen and oxygen atoms in total. The van der Waals surface area contributed by atoms with E-state index in [1.54, 1.807) is 12.3 Å². The monoisotopic (exact) mass is 388 g/mol. The maximum absolute atomic E-state index is 14.2. The minimum atomic E-state index is -3.78. The van der Waals surface area contributed by atoms with Crippen LogP contribution in [-0.2, 0) is 9.84 Å². The Bertz CT molecular complexity index is 1040. The van der Waals surface area contributed by atoms with Gasteiger partial charge in [-0.3, -0.25) is 0 Å². The zero-order chi connectivity index (χ0) is 18.4. The summed E-state index contributed by atoms with van der Waals surface area (Å²) in [6.07, 6.45) is -2.12. The van der Waals surface area contributed by atoms with Crippen molar-refractivity contribution in [2.45, 2.75) is 18.2 Å². The normalized spacial score (nSPS) is 12.1. The van der Waals surface area contributed by atoms with Crippen molar-refractivity contribution < 1.29 is 26.1 Å². The molecule has 0 saturated heterocycles. The summed E-state index contributed by atoms with van der Waals surface area (Å²) in [6, 6.07) is 3.14. The molecule has 2 aromatic heterocycles. The van der Waals surface area contributed by atoms with Crippen LogP contribution in [0.5, 0.6) is 0 Å². The number of halogens is 3. The van der Waals surface area contributed by atoms with Gasteiger partial charge >= 0.3 is 0 Å². The van der Waals surface area contributed by atoms with Gasteiger partial charge < -0.3 is 4.52 Å². The molecule has 0 aliphatic rings. The maximum Gasteiger partial charge on any atom is 0.298 e. The third-order valence-electron chi connectivity index (χ3n) is 3.36. The zero-order valence-corrected chi connectivity index (χ0v) is 14.6. The average Bonchev–Trinajstić information content (AvgIpc) is 3.11. The van der Waals surface area contributed by atoms with Crippen molar-refractivity contribution in [3.05, 3.63) is 40.9 Å². The van der Waals surface area contributed by atoms with E-state index in [4.69, 9.17) is 4.52 Å². The highest BCUT2D eigenvalue weighted by atomic mass is 32.2. The molecule has 0 radical (unpaired) electrons. The predicted octanol–water partition coefficient (Wildman–Crippen LogP) is 4.25. The van der Waals surface area contributed by atoms with E-state index in [-0.39, 0.29) is 16.8 Å². The van der Waals surface area contributed by atoms with E-state index >= 15 is 0 Å². The first-order valence-corrected chi connectivity index (χ1v) is 9.65. The summed E-state index contributed by atoms with van der Waals surface area (Å²) in [5.74, 6) is -1.77. The van der Waals surface area contributed by atoms with E-state index in [1.165, 1.54) is 17.4 Å². The fourth-order valence-electron chi connectivity index (χ4n) is 2.30. The second-order valence-corrected chi connectivity index (χ2v) is 8.12. The van der Waals surface area contributed by atoms with Crippen LogP contribution in [0, 0.1) is 12.7 Å². The molecule has 3 rings (SSSR count). The van der Waals surface area contributed by atoms with Crippen molar-refractivity contribution in [1.82, 2.24) is 10.1 Å². The second kappa shape index (κ2) is 6.26. The van der Waals surface area contributed by atoms with Gasteiger partial charge in [-0.15, -0.1) is 11.3 Å². The van der Waals surface area contributed by atoms with Gasteiger partial charge in [0.1, 0.15) is 15.7 Å². The van der Waals surface area contributed by atoms with Crippen LogP contribution in [0.25, 0.3) is 21.8 Å². The van der Waals surface area contributed by atoms with Crippen LogP contribution in [0.2, 0.25) is 0 Å². The molecule has 0 aliphatic heterocycles. The Balaban J connectivity index is 2.22. The van der Waals surface area contributed by atoms with E-state index in [9.17, 15) is 21.6 Å². The minimum absolute atomic E-state index is 0.0318. The SMILES string of the molecule is Cc1csc(-c2noc(C(F)F)c2-c2ccc(S(C)(=O)=O)c(F)c2)n1. The van der Waals surface area contributed by atoms with Crippen molar-refractivity contribution in [2.24, 2.45) is 0 Å². The number of thiazole rings is 1. The van der Waals surface area contributed by atoms with E-state index in [1.807, 2.05) is 0 Å². The number of aromatic nitrogens is 2. The van der Waals surface area contributed by atoms with Crippen molar-refractivity contribution in [3.8, 4) is 21.8 Å². The highest BCUT2D eigenvalue weighted by Gasteiger charge is 2.28. The number of rotatable bonds is 4. The largest absolute Gasteiger partial charge is 0.354 e. The van der Waals surface area contributed by atoms with Crippen molar-refractivity contribution in [2.75, 3.05) is 6.26 Å². The van der Waals surface area contributed by atoms with E-state index in [0.29, 0.717) is 10.7 Å². The molecule has 132 valence electrons. The number of hydrogen-bond acceptors (Lipinski definition) is 6. The van der Waals surface area contributed by atoms with Crippen molar-refractivity contribution in [3.63, 3.8) is 0 Å². The van der Waals surface area contributed by atoms with Crippen LogP contribution in [0.15, 0.2) is 33.0 Å². The number of hydrogen-bond donors (Lipinski definition) is 0. The maximum atomic E-state index is 14.2. The van der Waals surface area contributed by atoms with Crippen LogP contribution in [-0.4, -0.2) is 24.8 Å². The number of benzene rings is 1. The molecule has 0 atom stereocenters. The van der Waals surface area contributed by atoms with Crippen LogP contribution >= 0.6 is 11.3 Å². The predicted molar refractivity (Wildman–Crippen MR) is 85.8 cm³/mol. The lowest BCUT2D eigenvalue weighted by Crippen LogP contribution is -2.01. The molecule has 25 heavy (non-hydrogen) atoms. The molecule has 0 spiro atoms. The first kappa shape index (κ1) is 17.6. The standard InChI is InChI=1S/C15H11F3N2O3S2/c1-7-6-24-15(19-7)12-11(13(14(17)18)23-20-12)8-3-4-10(9(16)5-8)25(2,21)22/h3-6,14H,1-2H3. The number of nitrogens with zero attached hydrogens (tertiary/aromatic N) is 2. The van der Waals surface area contributed by atoms with Gasteiger partial charge in [0.15, 0.2) is 15.5 Å². The number of alkyl halides is 2. The van der Waals surface area contributed by atoms with Crippen molar-refractivity contribution >= 4 is 21.2 Å². The molecule has 0 amide bonds. The van der Waals surface area contributed by atoms with Crippen LogP contribution in [0.3, 0.4) is 0 Å². The summed E-state index contributed by atoms with van der Waals surface area (Å²) in [7, 11) is -3.78. The molecule has 10 heteroatoms. The van der Waals surface area contributed by atoms with E-state index < -0.39 is 32.7 Å². The van der Waals surface area contributed by atoms with Gasteiger partial charge in [0.2, 0.25) is 5.76 Å². The Morgan fingerprint density at radius 2 is 2.00 bits per heavy atom. The molecule has 0 saturated carbocycles. The molecule has 2 heterocycles. The first-order chi connectivity index (χ1) is 11.7. The Kier molecular flexibility index (Phi) is 4.41. The fourth-order valence-corrected chi connectivity index (χ4v) is 3.81. The highest BCUT2D eigenvalue weighted by Crippen LogP contribution is 2.40. The Morgan fingerprint density at radius 3 is 2.52 bits per heavy atom. The van der Waals surface area contributed by atoms with Crippen LogP contribution in [0.1, 0.15) is 17.9 Å². The van der Waals surface area contributed by atoms with Crippen LogP contribution in [0.4, 0.5) is 13.2 Å². The number of sulfone groups is 1. The zero-order valence-electron chi connectivity index (χ0n) is 13.0. The minimum Gasteiger partial charge on any atom is -0.354 e.